The zero-order valence-corrected chi connectivity index (χ0v) is 20.9. The summed E-state index contributed by atoms with van der Waals surface area (Å²) in [5.74, 6) is -0.711. The Morgan fingerprint density at radius 1 is 1.24 bits per heavy atom. The van der Waals surface area contributed by atoms with E-state index in [0.717, 1.165) is 5.57 Å². The molecule has 0 fully saturated rings. The minimum absolute atomic E-state index is 0.0105. The standard InChI is InChI=1S/C27H22ClF3N4O3/c1-14-34-22-10-21(29)20(18-11-32-25(33-12-18)15-2-4-16(5-3-15)26(36)37)9-23(22)35(14)13-17-8-19(28)6-7-24(17)38-27(30)31/h2,6-12,16,27H,3-5,13H2,1H3,(H,36,37). The van der Waals surface area contributed by atoms with Crippen molar-refractivity contribution < 1.29 is 27.8 Å². The number of carbonyl (C=O) groups is 1. The van der Waals surface area contributed by atoms with Crippen molar-refractivity contribution in [3.63, 3.8) is 0 Å². The molecule has 0 saturated heterocycles. The molecule has 0 spiro atoms. The third kappa shape index (κ3) is 5.22. The highest BCUT2D eigenvalue weighted by Gasteiger charge is 2.22. The molecule has 1 aliphatic rings. The van der Waals surface area contributed by atoms with Crippen LogP contribution in [0.1, 0.15) is 36.5 Å². The van der Waals surface area contributed by atoms with E-state index in [1.54, 1.807) is 23.6 Å². The van der Waals surface area contributed by atoms with Crippen LogP contribution in [0.5, 0.6) is 5.75 Å². The maximum Gasteiger partial charge on any atom is 0.387 e. The smallest absolute Gasteiger partial charge is 0.387 e. The van der Waals surface area contributed by atoms with Gasteiger partial charge >= 0.3 is 12.6 Å². The highest BCUT2D eigenvalue weighted by molar-refractivity contribution is 6.30. The molecule has 38 heavy (non-hydrogen) atoms. The Morgan fingerprint density at radius 3 is 2.66 bits per heavy atom. The monoisotopic (exact) mass is 542 g/mol. The van der Waals surface area contributed by atoms with Crippen LogP contribution in [-0.4, -0.2) is 37.2 Å². The van der Waals surface area contributed by atoms with Crippen LogP contribution in [0.2, 0.25) is 5.02 Å². The van der Waals surface area contributed by atoms with Crippen LogP contribution in [0.25, 0.3) is 27.7 Å². The van der Waals surface area contributed by atoms with Crippen molar-refractivity contribution in [3.05, 3.63) is 76.9 Å². The lowest BCUT2D eigenvalue weighted by molar-refractivity contribution is -0.141. The van der Waals surface area contributed by atoms with Gasteiger partial charge in [-0.2, -0.15) is 8.78 Å². The number of allylic oxidation sites excluding steroid dienone is 2. The Balaban J connectivity index is 1.48. The number of fused-ring (bicyclic) bond motifs is 1. The Bertz CT molecular complexity index is 1550. The first-order valence-electron chi connectivity index (χ1n) is 11.8. The van der Waals surface area contributed by atoms with Gasteiger partial charge in [0.1, 0.15) is 17.4 Å². The second kappa shape index (κ2) is 10.4. The van der Waals surface area contributed by atoms with E-state index < -0.39 is 24.3 Å². The largest absolute Gasteiger partial charge is 0.481 e. The van der Waals surface area contributed by atoms with Gasteiger partial charge in [-0.1, -0.05) is 17.7 Å². The van der Waals surface area contributed by atoms with Crippen LogP contribution in [0, 0.1) is 18.7 Å². The molecule has 196 valence electrons. The van der Waals surface area contributed by atoms with Gasteiger partial charge in [0.15, 0.2) is 5.82 Å². The van der Waals surface area contributed by atoms with Gasteiger partial charge in [0.05, 0.1) is 23.5 Å². The molecule has 1 unspecified atom stereocenters. The number of carboxylic acids is 1. The molecule has 0 bridgehead atoms. The number of imidazole rings is 1. The van der Waals surface area contributed by atoms with Gasteiger partial charge in [-0.3, -0.25) is 4.79 Å². The number of halogens is 4. The maximum absolute atomic E-state index is 15.1. The summed E-state index contributed by atoms with van der Waals surface area (Å²) in [6.07, 6.45) is 6.37. The van der Waals surface area contributed by atoms with E-state index in [4.69, 9.17) is 11.6 Å². The first-order valence-corrected chi connectivity index (χ1v) is 12.2. The topological polar surface area (TPSA) is 90.1 Å². The molecule has 0 saturated carbocycles. The Morgan fingerprint density at radius 2 is 2.00 bits per heavy atom. The van der Waals surface area contributed by atoms with Crippen molar-refractivity contribution in [2.75, 3.05) is 0 Å². The summed E-state index contributed by atoms with van der Waals surface area (Å²) in [5, 5.41) is 9.54. The number of alkyl halides is 2. The number of aliphatic carboxylic acids is 1. The lowest BCUT2D eigenvalue weighted by atomic mass is 9.89. The molecule has 0 amide bonds. The van der Waals surface area contributed by atoms with Gasteiger partial charge < -0.3 is 14.4 Å². The maximum atomic E-state index is 15.1. The quantitative estimate of drug-likeness (QED) is 0.286. The molecule has 7 nitrogen and oxygen atoms in total. The minimum Gasteiger partial charge on any atom is -0.481 e. The number of benzene rings is 2. The molecule has 2 aromatic carbocycles. The van der Waals surface area contributed by atoms with Gasteiger partial charge in [0.2, 0.25) is 0 Å². The lowest BCUT2D eigenvalue weighted by Gasteiger charge is -2.17. The second-order valence-corrected chi connectivity index (χ2v) is 9.47. The molecule has 11 heteroatoms. The predicted octanol–water partition coefficient (Wildman–Crippen LogP) is 6.51. The van der Waals surface area contributed by atoms with Gasteiger partial charge in [0, 0.05) is 40.2 Å². The van der Waals surface area contributed by atoms with Crippen molar-refractivity contribution in [1.82, 2.24) is 19.5 Å². The van der Waals surface area contributed by atoms with Crippen molar-refractivity contribution in [2.45, 2.75) is 39.3 Å². The Hall–Kier alpha value is -3.92. The molecule has 2 aromatic heterocycles. The van der Waals surface area contributed by atoms with E-state index in [0.29, 0.717) is 58.1 Å². The van der Waals surface area contributed by atoms with Crippen molar-refractivity contribution in [1.29, 1.82) is 0 Å². The molecular weight excluding hydrogens is 521 g/mol. The van der Waals surface area contributed by atoms with Crippen LogP contribution >= 0.6 is 11.6 Å². The van der Waals surface area contributed by atoms with E-state index >= 15 is 4.39 Å². The van der Waals surface area contributed by atoms with Crippen LogP contribution in [-0.2, 0) is 11.3 Å². The van der Waals surface area contributed by atoms with Gasteiger partial charge in [0.25, 0.3) is 0 Å². The van der Waals surface area contributed by atoms with E-state index in [1.165, 1.54) is 30.6 Å². The normalized spacial score (nSPS) is 15.6. The Labute approximate surface area is 220 Å². The molecule has 0 aliphatic heterocycles. The third-order valence-electron chi connectivity index (χ3n) is 6.61. The van der Waals surface area contributed by atoms with E-state index in [2.05, 4.69) is 19.7 Å². The fourth-order valence-corrected chi connectivity index (χ4v) is 4.83. The van der Waals surface area contributed by atoms with Crippen molar-refractivity contribution >= 4 is 34.2 Å². The first kappa shape index (κ1) is 25.7. The first-order chi connectivity index (χ1) is 18.2. The Kier molecular flexibility index (Phi) is 7.07. The van der Waals surface area contributed by atoms with E-state index in [1.807, 2.05) is 6.08 Å². The highest BCUT2D eigenvalue weighted by atomic mass is 35.5. The number of rotatable bonds is 7. The summed E-state index contributed by atoms with van der Waals surface area (Å²) in [7, 11) is 0. The third-order valence-corrected chi connectivity index (χ3v) is 6.84. The van der Waals surface area contributed by atoms with Crippen molar-refractivity contribution in [3.8, 4) is 16.9 Å². The molecule has 2 heterocycles. The molecule has 0 radical (unpaired) electrons. The van der Waals surface area contributed by atoms with Crippen LogP contribution < -0.4 is 4.74 Å². The fraction of sp³-hybridized carbons (Fsp3) is 0.259. The number of aryl methyl sites for hydroxylation is 1. The van der Waals surface area contributed by atoms with Gasteiger partial charge in [-0.25, -0.2) is 19.3 Å². The minimum atomic E-state index is -3.00. The summed E-state index contributed by atoms with van der Waals surface area (Å²) < 4.78 is 47.4. The van der Waals surface area contributed by atoms with Gasteiger partial charge in [-0.15, -0.1) is 0 Å². The fourth-order valence-electron chi connectivity index (χ4n) is 4.63. The summed E-state index contributed by atoms with van der Waals surface area (Å²) >= 11 is 6.11. The zero-order valence-electron chi connectivity index (χ0n) is 20.2. The molecule has 1 N–H and O–H groups in total. The molecular formula is C27H22ClF3N4O3. The molecule has 4 aromatic rings. The SMILES string of the molecule is Cc1nc2cc(F)c(-c3cnc(C4=CCC(C(=O)O)CC4)nc3)cc2n1Cc1cc(Cl)ccc1OC(F)F. The molecule has 1 aliphatic carbocycles. The summed E-state index contributed by atoms with van der Waals surface area (Å²) in [5.41, 5.74) is 2.97. The van der Waals surface area contributed by atoms with Gasteiger partial charge in [-0.05, 0) is 56.0 Å². The number of aromatic nitrogens is 4. The number of hydrogen-bond donors (Lipinski definition) is 1. The highest BCUT2D eigenvalue weighted by Crippen LogP contribution is 2.32. The van der Waals surface area contributed by atoms with E-state index in [9.17, 15) is 18.7 Å². The summed E-state index contributed by atoms with van der Waals surface area (Å²) in [6.45, 7) is -1.14. The van der Waals surface area contributed by atoms with Crippen LogP contribution in [0.3, 0.4) is 0 Å². The zero-order chi connectivity index (χ0) is 27.0. The van der Waals surface area contributed by atoms with Crippen molar-refractivity contribution in [2.24, 2.45) is 5.92 Å². The number of carboxylic acid groups (broad SMARTS) is 1. The average molecular weight is 543 g/mol. The van der Waals surface area contributed by atoms with E-state index in [-0.39, 0.29) is 17.9 Å². The summed E-state index contributed by atoms with van der Waals surface area (Å²) in [6, 6.07) is 7.32. The second-order valence-electron chi connectivity index (χ2n) is 9.03. The van der Waals surface area contributed by atoms with Crippen LogP contribution in [0.15, 0.2) is 48.8 Å². The average Bonchev–Trinajstić information content (AvgIpc) is 3.18. The van der Waals surface area contributed by atoms with Crippen LogP contribution in [0.4, 0.5) is 13.2 Å². The number of ether oxygens (including phenoxy) is 1. The lowest BCUT2D eigenvalue weighted by Crippen LogP contribution is -2.16. The number of nitrogens with zero attached hydrogens (tertiary/aromatic N) is 4. The number of hydrogen-bond acceptors (Lipinski definition) is 5. The molecule has 1 atom stereocenters. The molecule has 5 rings (SSSR count). The predicted molar refractivity (Wildman–Crippen MR) is 136 cm³/mol. The summed E-state index contributed by atoms with van der Waals surface area (Å²) in [4.78, 5) is 24.4.